The van der Waals surface area contributed by atoms with Crippen molar-refractivity contribution < 1.29 is 0 Å². The van der Waals surface area contributed by atoms with E-state index in [-0.39, 0.29) is 0 Å². The fourth-order valence-corrected chi connectivity index (χ4v) is 5.30. The Hall–Kier alpha value is 0.155. The van der Waals surface area contributed by atoms with Crippen LogP contribution in [0.3, 0.4) is 0 Å². The lowest BCUT2D eigenvalue weighted by Crippen LogP contribution is -2.32. The zero-order chi connectivity index (χ0) is 18.1. The van der Waals surface area contributed by atoms with Gasteiger partial charge in [0, 0.05) is 5.25 Å². The van der Waals surface area contributed by atoms with Crippen LogP contribution in [0.15, 0.2) is 10.9 Å². The number of allylic oxidation sites excluding steroid dienone is 1. The summed E-state index contributed by atoms with van der Waals surface area (Å²) in [6, 6.07) is 0. The van der Waals surface area contributed by atoms with Gasteiger partial charge in [-0.05, 0) is 24.7 Å². The second-order valence-electron chi connectivity index (χ2n) is 8.92. The number of rotatable bonds is 10. The normalized spacial score (nSPS) is 19.8. The van der Waals surface area contributed by atoms with Crippen molar-refractivity contribution in [1.29, 1.82) is 0 Å². The van der Waals surface area contributed by atoms with Crippen LogP contribution in [0.25, 0.3) is 0 Å². The second kappa shape index (κ2) is 11.7. The molecule has 0 spiro atoms. The average Bonchev–Trinajstić information content (AvgIpc) is 2.57. The van der Waals surface area contributed by atoms with Crippen LogP contribution in [-0.2, 0) is 0 Å². The smallest absolute Gasteiger partial charge is 0.132 e. The highest BCUT2D eigenvalue weighted by molar-refractivity contribution is 8.02. The molecule has 1 saturated carbocycles. The first-order valence-electron chi connectivity index (χ1n) is 10.7. The summed E-state index contributed by atoms with van der Waals surface area (Å²) < 4.78 is 0. The molecule has 140 valence electrons. The van der Waals surface area contributed by atoms with E-state index >= 15 is 0 Å². The van der Waals surface area contributed by atoms with Gasteiger partial charge in [-0.1, -0.05) is 110 Å². The van der Waals surface area contributed by atoms with Gasteiger partial charge >= 0.3 is 0 Å². The van der Waals surface area contributed by atoms with Crippen molar-refractivity contribution in [3.05, 3.63) is 10.9 Å². The van der Waals surface area contributed by atoms with E-state index in [4.69, 9.17) is 0 Å². The maximum Gasteiger partial charge on any atom is 0.177 e. The highest BCUT2D eigenvalue weighted by atomic mass is 32.2. The molecule has 0 aromatic rings. The average molecular weight is 350 g/mol. The third kappa shape index (κ3) is 7.18. The Morgan fingerprint density at radius 3 is 1.96 bits per heavy atom. The van der Waals surface area contributed by atoms with Crippen LogP contribution in [-0.4, -0.2) is 12.0 Å². The summed E-state index contributed by atoms with van der Waals surface area (Å²) in [7, 11) is 0. The van der Waals surface area contributed by atoms with E-state index in [9.17, 15) is 0 Å². The van der Waals surface area contributed by atoms with Gasteiger partial charge in [0.2, 0.25) is 0 Å². The first-order chi connectivity index (χ1) is 11.4. The minimum atomic E-state index is 0.757. The quantitative estimate of drug-likeness (QED) is 0.357. The van der Waals surface area contributed by atoms with Gasteiger partial charge in [0.15, 0.2) is 6.71 Å². The van der Waals surface area contributed by atoms with Crippen LogP contribution in [0.1, 0.15) is 99.8 Å². The number of thioether (sulfide) groups is 1. The molecule has 0 bridgehead atoms. The highest BCUT2D eigenvalue weighted by Crippen LogP contribution is 2.40. The first kappa shape index (κ1) is 22.2. The lowest BCUT2D eigenvalue weighted by atomic mass is 9.27. The maximum atomic E-state index is 2.63. The Kier molecular flexibility index (Phi) is 10.8. The lowest BCUT2D eigenvalue weighted by molar-refractivity contribution is 0.517. The largest absolute Gasteiger partial charge is 0.177 e. The van der Waals surface area contributed by atoms with Gasteiger partial charge in [0.25, 0.3) is 0 Å². The van der Waals surface area contributed by atoms with Crippen molar-refractivity contribution in [2.75, 3.05) is 0 Å². The molecule has 1 aliphatic carbocycles. The third-order valence-electron chi connectivity index (χ3n) is 6.45. The summed E-state index contributed by atoms with van der Waals surface area (Å²) >= 11 is 2.18. The van der Waals surface area contributed by atoms with Crippen molar-refractivity contribution in [3.8, 4) is 0 Å². The third-order valence-corrected chi connectivity index (χ3v) is 7.74. The van der Waals surface area contributed by atoms with Crippen molar-refractivity contribution >= 4 is 18.5 Å². The van der Waals surface area contributed by atoms with Crippen LogP contribution in [0.5, 0.6) is 0 Å². The molecule has 0 aliphatic heterocycles. The fraction of sp³-hybridized carbons (Fsp3) is 0.909. The number of hydrogen-bond acceptors (Lipinski definition) is 1. The van der Waals surface area contributed by atoms with E-state index in [1.165, 1.54) is 51.4 Å². The highest BCUT2D eigenvalue weighted by Gasteiger charge is 2.34. The zero-order valence-electron chi connectivity index (χ0n) is 17.6. The minimum absolute atomic E-state index is 0.757. The molecule has 0 aromatic heterocycles. The fourth-order valence-electron chi connectivity index (χ4n) is 4.05. The van der Waals surface area contributed by atoms with Crippen molar-refractivity contribution in [2.24, 2.45) is 11.8 Å². The molecule has 0 nitrogen and oxygen atoms in total. The molecule has 1 rings (SSSR count). The Morgan fingerprint density at radius 2 is 1.50 bits per heavy atom. The van der Waals surface area contributed by atoms with Crippen LogP contribution in [0.2, 0.25) is 11.6 Å². The van der Waals surface area contributed by atoms with Crippen molar-refractivity contribution in [2.45, 2.75) is 117 Å². The second-order valence-corrected chi connectivity index (χ2v) is 10.1. The van der Waals surface area contributed by atoms with Gasteiger partial charge in [-0.3, -0.25) is 0 Å². The molecule has 1 aliphatic rings. The molecule has 0 aromatic carbocycles. The van der Waals surface area contributed by atoms with Crippen LogP contribution >= 0.6 is 11.8 Å². The van der Waals surface area contributed by atoms with Gasteiger partial charge in [0.05, 0.1) is 0 Å². The predicted octanol–water partition coefficient (Wildman–Crippen LogP) is 8.25. The summed E-state index contributed by atoms with van der Waals surface area (Å²) in [5, 5.41) is 3.52. The van der Waals surface area contributed by atoms with Gasteiger partial charge in [-0.15, -0.1) is 11.8 Å². The molecule has 0 heterocycles. The van der Waals surface area contributed by atoms with E-state index in [0.29, 0.717) is 0 Å². The lowest BCUT2D eigenvalue weighted by Gasteiger charge is -2.34. The Balaban J connectivity index is 2.95. The van der Waals surface area contributed by atoms with Gasteiger partial charge < -0.3 is 0 Å². The van der Waals surface area contributed by atoms with Crippen molar-refractivity contribution in [1.82, 2.24) is 0 Å². The molecule has 1 fully saturated rings. The van der Waals surface area contributed by atoms with Crippen LogP contribution < -0.4 is 0 Å². The topological polar surface area (TPSA) is 0 Å². The first-order valence-corrected chi connectivity index (χ1v) is 11.7. The molecule has 0 amide bonds. The van der Waals surface area contributed by atoms with E-state index in [1.807, 2.05) is 0 Å². The van der Waals surface area contributed by atoms with Crippen LogP contribution in [0.4, 0.5) is 0 Å². The predicted molar refractivity (Wildman–Crippen MR) is 116 cm³/mol. The molecule has 0 radical (unpaired) electrons. The zero-order valence-corrected chi connectivity index (χ0v) is 18.4. The molecule has 0 saturated heterocycles. The molecule has 24 heavy (non-hydrogen) atoms. The summed E-state index contributed by atoms with van der Waals surface area (Å²) in [5.41, 5.74) is 1.77. The Morgan fingerprint density at radius 1 is 0.958 bits per heavy atom. The molecule has 2 unspecified atom stereocenters. The van der Waals surface area contributed by atoms with Gasteiger partial charge in [0.1, 0.15) is 0 Å². The van der Waals surface area contributed by atoms with Crippen molar-refractivity contribution in [3.63, 3.8) is 0 Å². The molecular weight excluding hydrogens is 307 g/mol. The van der Waals surface area contributed by atoms with E-state index in [1.54, 1.807) is 5.47 Å². The van der Waals surface area contributed by atoms with E-state index in [2.05, 4.69) is 65.6 Å². The number of unbranched alkanes of at least 4 members (excludes halogenated alkanes) is 1. The van der Waals surface area contributed by atoms with E-state index in [0.717, 1.165) is 35.4 Å². The molecule has 2 atom stereocenters. The standard InChI is InChI=1S/C22H43BS/c1-8-9-13-21(16-24-22-14-11-10-12-15-22)23(19(6)17(2)3)20(7)18(4)5/h16-20,22H,8-15H2,1-7H3/b21-16+. The maximum absolute atomic E-state index is 2.63. The molecule has 0 N–H and O–H groups in total. The molecule has 2 heteroatoms. The number of hydrogen-bond donors (Lipinski definition) is 0. The van der Waals surface area contributed by atoms with Gasteiger partial charge in [-0.2, -0.15) is 0 Å². The summed E-state index contributed by atoms with van der Waals surface area (Å²) in [6.07, 6.45) is 11.2. The van der Waals surface area contributed by atoms with E-state index < -0.39 is 0 Å². The summed E-state index contributed by atoms with van der Waals surface area (Å²) in [4.78, 5) is 0. The summed E-state index contributed by atoms with van der Waals surface area (Å²) in [6.45, 7) is 17.7. The minimum Gasteiger partial charge on any atom is -0.132 e. The summed E-state index contributed by atoms with van der Waals surface area (Å²) in [5.74, 6) is 3.08. The SMILES string of the molecule is CCCC/C(=C\SC1CCCCC1)B(C(C)C(C)C)C(C)C(C)C. The van der Waals surface area contributed by atoms with Gasteiger partial charge in [-0.25, -0.2) is 0 Å². The Labute approximate surface area is 158 Å². The molecular formula is C22H43BS. The Bertz CT molecular complexity index is 341. The monoisotopic (exact) mass is 350 g/mol. The van der Waals surface area contributed by atoms with Crippen LogP contribution in [0, 0.1) is 11.8 Å².